The van der Waals surface area contributed by atoms with Gasteiger partial charge < -0.3 is 20.6 Å². The summed E-state index contributed by atoms with van der Waals surface area (Å²) in [6, 6.07) is 0. The number of hydrogen-bond acceptors (Lipinski definition) is 4. The zero-order valence-electron chi connectivity index (χ0n) is 13.5. The molecule has 0 saturated carbocycles. The van der Waals surface area contributed by atoms with Crippen LogP contribution in [0.25, 0.3) is 0 Å². The molecule has 1 rings (SSSR count). The number of nitrogens with zero attached hydrogens (tertiary/aromatic N) is 2. The lowest BCUT2D eigenvalue weighted by Gasteiger charge is -2.39. The van der Waals surface area contributed by atoms with Crippen molar-refractivity contribution < 1.29 is 14.7 Å². The van der Waals surface area contributed by atoms with Gasteiger partial charge in [-0.25, -0.2) is 0 Å². The van der Waals surface area contributed by atoms with Crippen molar-refractivity contribution in [3.63, 3.8) is 0 Å². The van der Waals surface area contributed by atoms with Gasteiger partial charge in [-0.05, 0) is 25.7 Å². The second kappa shape index (κ2) is 8.22. The van der Waals surface area contributed by atoms with E-state index in [0.29, 0.717) is 25.9 Å². The SMILES string of the molecule is CCCC(CCC)(C(=O)N1CCCC(OC)C1)C(N)=NO. The summed E-state index contributed by atoms with van der Waals surface area (Å²) < 4.78 is 5.39. The van der Waals surface area contributed by atoms with E-state index in [1.165, 1.54) is 0 Å². The molecule has 0 aromatic heterocycles. The van der Waals surface area contributed by atoms with Gasteiger partial charge in [-0.1, -0.05) is 31.8 Å². The monoisotopic (exact) mass is 299 g/mol. The van der Waals surface area contributed by atoms with E-state index in [0.717, 1.165) is 25.7 Å². The van der Waals surface area contributed by atoms with Crippen LogP contribution in [-0.4, -0.2) is 48.2 Å². The molecule has 0 bridgehead atoms. The van der Waals surface area contributed by atoms with Crippen LogP contribution < -0.4 is 5.73 Å². The van der Waals surface area contributed by atoms with Crippen LogP contribution in [-0.2, 0) is 9.53 Å². The maximum atomic E-state index is 13.1. The highest BCUT2D eigenvalue weighted by molar-refractivity contribution is 6.06. The van der Waals surface area contributed by atoms with Gasteiger partial charge in [0.25, 0.3) is 0 Å². The Labute approximate surface area is 127 Å². The van der Waals surface area contributed by atoms with E-state index < -0.39 is 5.41 Å². The van der Waals surface area contributed by atoms with Crippen molar-refractivity contribution >= 4 is 11.7 Å². The molecule has 0 aromatic carbocycles. The average molecular weight is 299 g/mol. The molecule has 1 atom stereocenters. The predicted molar refractivity (Wildman–Crippen MR) is 82.3 cm³/mol. The zero-order chi connectivity index (χ0) is 15.9. The molecule has 0 aromatic rings. The summed E-state index contributed by atoms with van der Waals surface area (Å²) in [5.74, 6) is 0.0130. The molecule has 0 radical (unpaired) electrons. The summed E-state index contributed by atoms with van der Waals surface area (Å²) in [5.41, 5.74) is 5.04. The van der Waals surface area contributed by atoms with Gasteiger partial charge in [0.05, 0.1) is 6.10 Å². The fourth-order valence-electron chi connectivity index (χ4n) is 3.27. The number of amidine groups is 1. The first-order valence-corrected chi connectivity index (χ1v) is 7.85. The molecule has 1 amide bonds. The number of rotatable bonds is 7. The Hall–Kier alpha value is -1.30. The fourth-order valence-corrected chi connectivity index (χ4v) is 3.27. The lowest BCUT2D eigenvalue weighted by atomic mass is 9.76. The second-order valence-corrected chi connectivity index (χ2v) is 5.82. The zero-order valence-corrected chi connectivity index (χ0v) is 13.5. The van der Waals surface area contributed by atoms with Gasteiger partial charge in [0.1, 0.15) is 5.41 Å². The minimum absolute atomic E-state index is 0.0248. The van der Waals surface area contributed by atoms with Crippen molar-refractivity contribution in [3.05, 3.63) is 0 Å². The van der Waals surface area contributed by atoms with Gasteiger partial charge in [-0.15, -0.1) is 0 Å². The number of hydrogen-bond donors (Lipinski definition) is 2. The first-order valence-electron chi connectivity index (χ1n) is 7.85. The maximum Gasteiger partial charge on any atom is 0.236 e. The molecule has 6 nitrogen and oxygen atoms in total. The molecule has 21 heavy (non-hydrogen) atoms. The van der Waals surface area contributed by atoms with Crippen LogP contribution in [0.5, 0.6) is 0 Å². The van der Waals surface area contributed by atoms with Crippen LogP contribution in [0.3, 0.4) is 0 Å². The van der Waals surface area contributed by atoms with Crippen molar-refractivity contribution in [2.45, 2.75) is 58.5 Å². The number of amides is 1. The Kier molecular flexibility index (Phi) is 6.95. The molecule has 1 saturated heterocycles. The molecular weight excluding hydrogens is 270 g/mol. The highest BCUT2D eigenvalue weighted by Gasteiger charge is 2.44. The molecule has 1 heterocycles. The Balaban J connectivity index is 3.03. The smallest absolute Gasteiger partial charge is 0.236 e. The number of methoxy groups -OCH3 is 1. The Morgan fingerprint density at radius 3 is 2.52 bits per heavy atom. The normalized spacial score (nSPS) is 20.6. The van der Waals surface area contributed by atoms with E-state index in [2.05, 4.69) is 5.16 Å². The quantitative estimate of drug-likeness (QED) is 0.325. The van der Waals surface area contributed by atoms with E-state index in [1.54, 1.807) is 7.11 Å². The minimum Gasteiger partial charge on any atom is -0.409 e. The number of likely N-dealkylation sites (tertiary alicyclic amines) is 1. The Bertz CT molecular complexity index is 365. The third-order valence-electron chi connectivity index (χ3n) is 4.36. The number of carbonyl (C=O) groups excluding carboxylic acids is 1. The van der Waals surface area contributed by atoms with Gasteiger partial charge in [0.15, 0.2) is 5.84 Å². The summed E-state index contributed by atoms with van der Waals surface area (Å²) in [6.07, 6.45) is 4.80. The lowest BCUT2D eigenvalue weighted by Crippen LogP contribution is -2.54. The van der Waals surface area contributed by atoms with Crippen LogP contribution in [0.4, 0.5) is 0 Å². The van der Waals surface area contributed by atoms with Gasteiger partial charge in [-0.3, -0.25) is 4.79 Å². The van der Waals surface area contributed by atoms with Crippen LogP contribution in [0.1, 0.15) is 52.4 Å². The van der Waals surface area contributed by atoms with Crippen LogP contribution in [0, 0.1) is 5.41 Å². The van der Waals surface area contributed by atoms with E-state index in [9.17, 15) is 4.79 Å². The van der Waals surface area contributed by atoms with Gasteiger partial charge in [-0.2, -0.15) is 0 Å². The van der Waals surface area contributed by atoms with E-state index in [-0.39, 0.29) is 17.8 Å². The van der Waals surface area contributed by atoms with Crippen molar-refractivity contribution in [3.8, 4) is 0 Å². The van der Waals surface area contributed by atoms with Gasteiger partial charge in [0.2, 0.25) is 5.91 Å². The number of nitrogens with two attached hydrogens (primary N) is 1. The van der Waals surface area contributed by atoms with Crippen molar-refractivity contribution in [2.75, 3.05) is 20.2 Å². The summed E-state index contributed by atoms with van der Waals surface area (Å²) >= 11 is 0. The summed E-state index contributed by atoms with van der Waals surface area (Å²) in [5, 5.41) is 12.3. The standard InChI is InChI=1S/C15H29N3O3/c1-4-8-15(9-5-2,13(16)17-20)14(19)18-10-6-7-12(11-18)21-3/h12,20H,4-11H2,1-3H3,(H2,16,17). The molecule has 1 unspecified atom stereocenters. The summed E-state index contributed by atoms with van der Waals surface area (Å²) in [4.78, 5) is 14.9. The first-order chi connectivity index (χ1) is 10.1. The maximum absolute atomic E-state index is 13.1. The molecule has 0 spiro atoms. The average Bonchev–Trinajstić information content (AvgIpc) is 2.53. The molecule has 0 aliphatic carbocycles. The van der Waals surface area contributed by atoms with Crippen LogP contribution >= 0.6 is 0 Å². The molecular formula is C15H29N3O3. The van der Waals surface area contributed by atoms with E-state index in [4.69, 9.17) is 15.7 Å². The molecule has 1 fully saturated rings. The topological polar surface area (TPSA) is 88.2 Å². The minimum atomic E-state index is -0.881. The highest BCUT2D eigenvalue weighted by Crippen LogP contribution is 2.34. The van der Waals surface area contributed by atoms with Gasteiger partial charge >= 0.3 is 0 Å². The molecule has 1 aliphatic rings. The number of piperidine rings is 1. The van der Waals surface area contributed by atoms with E-state index in [1.807, 2.05) is 18.7 Å². The number of oxime groups is 1. The highest BCUT2D eigenvalue weighted by atomic mass is 16.5. The number of carbonyl (C=O) groups is 1. The van der Waals surface area contributed by atoms with E-state index >= 15 is 0 Å². The molecule has 3 N–H and O–H groups in total. The van der Waals surface area contributed by atoms with Crippen LogP contribution in [0.2, 0.25) is 0 Å². The largest absolute Gasteiger partial charge is 0.409 e. The lowest BCUT2D eigenvalue weighted by molar-refractivity contribution is -0.143. The number of ether oxygens (including phenoxy) is 1. The molecule has 6 heteroatoms. The Morgan fingerprint density at radius 2 is 2.05 bits per heavy atom. The summed E-state index contributed by atoms with van der Waals surface area (Å²) in [6.45, 7) is 5.32. The fraction of sp³-hybridized carbons (Fsp3) is 0.867. The second-order valence-electron chi connectivity index (χ2n) is 5.82. The predicted octanol–water partition coefficient (Wildman–Crippen LogP) is 1.96. The van der Waals surface area contributed by atoms with Crippen molar-refractivity contribution in [2.24, 2.45) is 16.3 Å². The van der Waals surface area contributed by atoms with Gasteiger partial charge in [0, 0.05) is 20.2 Å². The van der Waals surface area contributed by atoms with Crippen molar-refractivity contribution in [1.29, 1.82) is 0 Å². The molecule has 122 valence electrons. The summed E-state index contributed by atoms with van der Waals surface area (Å²) in [7, 11) is 1.67. The first kappa shape index (κ1) is 17.8. The third-order valence-corrected chi connectivity index (χ3v) is 4.36. The Morgan fingerprint density at radius 1 is 1.43 bits per heavy atom. The van der Waals surface area contributed by atoms with Crippen molar-refractivity contribution in [1.82, 2.24) is 4.90 Å². The third kappa shape index (κ3) is 3.87. The molecule has 1 aliphatic heterocycles. The van der Waals surface area contributed by atoms with Crippen LogP contribution in [0.15, 0.2) is 5.16 Å².